The lowest BCUT2D eigenvalue weighted by Crippen LogP contribution is -2.45. The second-order valence-electron chi connectivity index (χ2n) is 6.56. The summed E-state index contributed by atoms with van der Waals surface area (Å²) in [5.41, 5.74) is 3.03. The van der Waals surface area contributed by atoms with Gasteiger partial charge in [0.2, 0.25) is 5.91 Å². The van der Waals surface area contributed by atoms with Gasteiger partial charge in [-0.05, 0) is 42.8 Å². The third kappa shape index (κ3) is 3.21. The number of benzene rings is 2. The van der Waals surface area contributed by atoms with E-state index in [4.69, 9.17) is 5.26 Å². The number of aliphatic imine (C=N–C) groups is 1. The summed E-state index contributed by atoms with van der Waals surface area (Å²) >= 11 is 0. The first-order valence-electron chi connectivity index (χ1n) is 8.65. The van der Waals surface area contributed by atoms with E-state index in [2.05, 4.69) is 31.9 Å². The molecule has 2 aromatic carbocycles. The number of nitrogens with zero attached hydrogens (tertiary/aromatic N) is 3. The highest BCUT2D eigenvalue weighted by Crippen LogP contribution is 2.29. The minimum absolute atomic E-state index is 0.295. The minimum Gasteiger partial charge on any atom is -0.328 e. The molecular weight excluding hydrogens is 356 g/mol. The van der Waals surface area contributed by atoms with Crippen molar-refractivity contribution in [1.29, 1.82) is 5.26 Å². The lowest BCUT2D eigenvalue weighted by molar-refractivity contribution is -0.118. The zero-order valence-electron chi connectivity index (χ0n) is 14.9. The molecule has 1 aliphatic heterocycles. The highest BCUT2D eigenvalue weighted by atomic mass is 16.2. The summed E-state index contributed by atoms with van der Waals surface area (Å²) < 4.78 is 0. The number of nitriles is 1. The van der Waals surface area contributed by atoms with Crippen molar-refractivity contribution in [2.45, 2.75) is 13.0 Å². The van der Waals surface area contributed by atoms with Crippen LogP contribution in [0.15, 0.2) is 53.7 Å². The first-order chi connectivity index (χ1) is 13.5. The number of hydrogen-bond donors (Lipinski definition) is 3. The zero-order chi connectivity index (χ0) is 19.7. The van der Waals surface area contributed by atoms with Crippen molar-refractivity contribution in [3.8, 4) is 6.07 Å². The van der Waals surface area contributed by atoms with Crippen LogP contribution in [0.5, 0.6) is 0 Å². The van der Waals surface area contributed by atoms with Crippen LogP contribution in [0.3, 0.4) is 0 Å². The topological polar surface area (TPSA) is 123 Å². The van der Waals surface area contributed by atoms with Gasteiger partial charge in [0.05, 0.1) is 29.4 Å². The van der Waals surface area contributed by atoms with E-state index < -0.39 is 18.0 Å². The van der Waals surface area contributed by atoms with Gasteiger partial charge in [-0.15, -0.1) is 0 Å². The summed E-state index contributed by atoms with van der Waals surface area (Å²) in [4.78, 5) is 28.9. The first kappa shape index (κ1) is 17.4. The molecule has 0 fully saturated rings. The number of amides is 3. The second kappa shape index (κ2) is 6.96. The molecule has 2 unspecified atom stereocenters. The van der Waals surface area contributed by atoms with Gasteiger partial charge in [0.1, 0.15) is 5.92 Å². The van der Waals surface area contributed by atoms with Crippen LogP contribution >= 0.6 is 0 Å². The average molecular weight is 372 g/mol. The van der Waals surface area contributed by atoms with Crippen LogP contribution in [0, 0.1) is 17.2 Å². The highest BCUT2D eigenvalue weighted by molar-refractivity contribution is 6.13. The Morgan fingerprint density at radius 2 is 2.11 bits per heavy atom. The predicted molar refractivity (Wildman–Crippen MR) is 104 cm³/mol. The van der Waals surface area contributed by atoms with Crippen LogP contribution in [-0.2, 0) is 4.79 Å². The number of rotatable bonds is 3. The monoisotopic (exact) mass is 372 g/mol. The normalized spacial score (nSPS) is 18.9. The van der Waals surface area contributed by atoms with Gasteiger partial charge in [-0.25, -0.2) is 9.79 Å². The number of aromatic nitrogens is 2. The molecule has 3 aromatic rings. The van der Waals surface area contributed by atoms with Crippen LogP contribution in [0.25, 0.3) is 10.9 Å². The lowest BCUT2D eigenvalue weighted by Gasteiger charge is -2.30. The van der Waals surface area contributed by atoms with E-state index in [1.807, 2.05) is 12.1 Å². The van der Waals surface area contributed by atoms with Gasteiger partial charge in [0, 0.05) is 16.8 Å². The van der Waals surface area contributed by atoms with E-state index in [9.17, 15) is 9.59 Å². The molecule has 3 amide bonds. The summed E-state index contributed by atoms with van der Waals surface area (Å²) in [6.45, 7) is 1.66. The Morgan fingerprint density at radius 1 is 1.25 bits per heavy atom. The van der Waals surface area contributed by atoms with Gasteiger partial charge in [-0.1, -0.05) is 12.1 Å². The number of fused-ring (bicyclic) bond motifs is 1. The number of nitrogens with one attached hydrogen (secondary N) is 3. The Balaban J connectivity index is 1.66. The van der Waals surface area contributed by atoms with Crippen LogP contribution in [0.1, 0.15) is 24.1 Å². The van der Waals surface area contributed by atoms with Crippen molar-refractivity contribution >= 4 is 34.2 Å². The number of H-pyrrole nitrogens is 1. The summed E-state index contributed by atoms with van der Waals surface area (Å²) in [7, 11) is 0. The molecule has 1 aromatic heterocycles. The van der Waals surface area contributed by atoms with Crippen molar-refractivity contribution < 1.29 is 9.59 Å². The fourth-order valence-electron chi connectivity index (χ4n) is 3.38. The van der Waals surface area contributed by atoms with E-state index in [0.29, 0.717) is 22.5 Å². The standard InChI is InChI=1S/C20H16N6O2/c1-11-17(19(27)24-15-5-6-16-14(8-15)10-22-26-16)18(25-20(28)23-11)13-4-2-3-12(7-13)9-21/h2-8,10,17-18H,1H3,(H,22,26)(H,24,27)(H,25,28). The average Bonchev–Trinajstić information content (AvgIpc) is 3.15. The molecule has 8 heteroatoms. The highest BCUT2D eigenvalue weighted by Gasteiger charge is 2.37. The Morgan fingerprint density at radius 3 is 2.93 bits per heavy atom. The van der Waals surface area contributed by atoms with E-state index >= 15 is 0 Å². The molecule has 0 saturated heterocycles. The second-order valence-corrected chi connectivity index (χ2v) is 6.56. The Hall–Kier alpha value is -3.99. The fourth-order valence-corrected chi connectivity index (χ4v) is 3.38. The van der Waals surface area contributed by atoms with Crippen LogP contribution in [0.2, 0.25) is 0 Å². The Kier molecular flexibility index (Phi) is 4.33. The van der Waals surface area contributed by atoms with Gasteiger partial charge < -0.3 is 10.6 Å². The maximum atomic E-state index is 13.1. The van der Waals surface area contributed by atoms with Gasteiger partial charge in [0.15, 0.2) is 0 Å². The van der Waals surface area contributed by atoms with Crippen molar-refractivity contribution in [2.75, 3.05) is 5.32 Å². The number of anilines is 1. The number of hydrogen-bond acceptors (Lipinski definition) is 4. The molecule has 0 bridgehead atoms. The van der Waals surface area contributed by atoms with Crippen LogP contribution in [-0.4, -0.2) is 27.8 Å². The molecule has 0 saturated carbocycles. The molecule has 0 aliphatic carbocycles. The Labute approximate surface area is 160 Å². The third-order valence-corrected chi connectivity index (χ3v) is 4.71. The number of urea groups is 1. The molecule has 0 spiro atoms. The van der Waals surface area contributed by atoms with Gasteiger partial charge in [-0.2, -0.15) is 10.4 Å². The zero-order valence-corrected chi connectivity index (χ0v) is 14.9. The molecule has 4 rings (SSSR count). The van der Waals surface area contributed by atoms with Crippen molar-refractivity contribution in [2.24, 2.45) is 10.9 Å². The Bertz CT molecular complexity index is 1160. The third-order valence-electron chi connectivity index (χ3n) is 4.71. The van der Waals surface area contributed by atoms with Crippen LogP contribution in [0.4, 0.5) is 10.5 Å². The van der Waals surface area contributed by atoms with Crippen molar-refractivity contribution in [3.63, 3.8) is 0 Å². The van der Waals surface area contributed by atoms with Crippen molar-refractivity contribution in [1.82, 2.24) is 15.5 Å². The smallest absolute Gasteiger partial charge is 0.328 e. The molecular formula is C20H16N6O2. The maximum absolute atomic E-state index is 13.1. The van der Waals surface area contributed by atoms with E-state index in [0.717, 1.165) is 10.9 Å². The summed E-state index contributed by atoms with van der Waals surface area (Å²) in [5, 5.41) is 22.5. The van der Waals surface area contributed by atoms with Crippen molar-refractivity contribution in [3.05, 3.63) is 59.8 Å². The quantitative estimate of drug-likeness (QED) is 0.654. The first-order valence-corrected chi connectivity index (χ1v) is 8.65. The number of carbonyl (C=O) groups is 2. The molecule has 0 radical (unpaired) electrons. The lowest BCUT2D eigenvalue weighted by atomic mass is 9.87. The SMILES string of the molecule is CC1=NC(=O)NC(c2cccc(C#N)c2)C1C(=O)Nc1ccc2[nH]ncc2c1. The van der Waals surface area contributed by atoms with Gasteiger partial charge >= 0.3 is 6.03 Å². The molecule has 3 N–H and O–H groups in total. The minimum atomic E-state index is -0.702. The predicted octanol–water partition coefficient (Wildman–Crippen LogP) is 2.91. The van der Waals surface area contributed by atoms with Gasteiger partial charge in [0.25, 0.3) is 0 Å². The molecule has 1 aliphatic rings. The molecule has 138 valence electrons. The number of carbonyl (C=O) groups excluding carboxylic acids is 2. The van der Waals surface area contributed by atoms with E-state index in [-0.39, 0.29) is 5.91 Å². The largest absolute Gasteiger partial charge is 0.341 e. The fraction of sp³-hybridized carbons (Fsp3) is 0.150. The molecule has 2 atom stereocenters. The van der Waals surface area contributed by atoms with E-state index in [1.165, 1.54) is 0 Å². The summed E-state index contributed by atoms with van der Waals surface area (Å²) in [6.07, 6.45) is 1.68. The molecule has 2 heterocycles. The molecule has 28 heavy (non-hydrogen) atoms. The number of aromatic amines is 1. The maximum Gasteiger partial charge on any atom is 0.341 e. The van der Waals surface area contributed by atoms with E-state index in [1.54, 1.807) is 43.5 Å². The molecule has 8 nitrogen and oxygen atoms in total. The van der Waals surface area contributed by atoms with Crippen LogP contribution < -0.4 is 10.6 Å². The summed E-state index contributed by atoms with van der Waals surface area (Å²) in [5.74, 6) is -0.997. The summed E-state index contributed by atoms with van der Waals surface area (Å²) in [6, 6.07) is 13.2. The van der Waals surface area contributed by atoms with Gasteiger partial charge in [-0.3, -0.25) is 9.89 Å².